The summed E-state index contributed by atoms with van der Waals surface area (Å²) in [6.45, 7) is 21.1. The van der Waals surface area contributed by atoms with Gasteiger partial charge in [-0.25, -0.2) is 15.0 Å². The molecule has 3 N–H and O–H groups in total. The Kier molecular flexibility index (Phi) is 4.98. The summed E-state index contributed by atoms with van der Waals surface area (Å²) >= 11 is 0. The molecule has 7 heterocycles. The molecule has 0 amide bonds. The highest BCUT2D eigenvalue weighted by Gasteiger charge is 2.64. The maximum atomic E-state index is 5.53. The number of fused-ring (bicyclic) bond motifs is 12. The van der Waals surface area contributed by atoms with Gasteiger partial charge in [-0.3, -0.25) is 14.7 Å². The Morgan fingerprint density at radius 3 is 0.917 bits per heavy atom. The summed E-state index contributed by atoms with van der Waals surface area (Å²) in [7, 11) is 0. The molecule has 0 spiro atoms. The molecule has 0 aliphatic carbocycles. The SMILES string of the molecule is CC1NC(C)C2N=C3N(C4=NC5C(C)NC(C)C(C)C5N4C4=NC5C(C)NC(C)C(C)C5N34)C2C1C. The van der Waals surface area contributed by atoms with E-state index in [1.54, 1.807) is 0 Å². The van der Waals surface area contributed by atoms with Crippen molar-refractivity contribution in [1.82, 2.24) is 30.7 Å². The van der Waals surface area contributed by atoms with Gasteiger partial charge in [-0.1, -0.05) is 20.8 Å². The van der Waals surface area contributed by atoms with Crippen molar-refractivity contribution in [2.24, 2.45) is 32.7 Å². The molecule has 4 fully saturated rings. The Hall–Kier alpha value is -1.71. The molecular formula is C27H45N9. The molecule has 0 radical (unpaired) electrons. The van der Waals surface area contributed by atoms with E-state index in [0.717, 1.165) is 17.9 Å². The fourth-order valence-corrected chi connectivity index (χ4v) is 8.62. The third-order valence-corrected chi connectivity index (χ3v) is 11.1. The van der Waals surface area contributed by atoms with Crippen LogP contribution in [0.3, 0.4) is 0 Å². The summed E-state index contributed by atoms with van der Waals surface area (Å²) in [6.07, 6.45) is 0. The Balaban J connectivity index is 1.41. The quantitative estimate of drug-likeness (QED) is 0.470. The van der Waals surface area contributed by atoms with Gasteiger partial charge < -0.3 is 16.0 Å². The minimum atomic E-state index is 0.218. The number of nitrogens with one attached hydrogen (secondary N) is 3. The smallest absolute Gasteiger partial charge is 0.211 e. The monoisotopic (exact) mass is 495 g/mol. The Bertz CT molecular complexity index is 892. The van der Waals surface area contributed by atoms with E-state index in [0.29, 0.717) is 72.1 Å². The lowest BCUT2D eigenvalue weighted by Gasteiger charge is -2.52. The molecule has 7 aliphatic heterocycles. The maximum Gasteiger partial charge on any atom is 0.211 e. The fourth-order valence-electron chi connectivity index (χ4n) is 8.62. The van der Waals surface area contributed by atoms with E-state index >= 15 is 0 Å². The van der Waals surface area contributed by atoms with E-state index in [1.165, 1.54) is 0 Å². The van der Waals surface area contributed by atoms with Crippen molar-refractivity contribution >= 4 is 17.9 Å². The van der Waals surface area contributed by atoms with Gasteiger partial charge >= 0.3 is 0 Å². The van der Waals surface area contributed by atoms with Gasteiger partial charge in [-0.15, -0.1) is 0 Å². The highest BCUT2D eigenvalue weighted by molar-refractivity contribution is 6.19. The predicted octanol–water partition coefficient (Wildman–Crippen LogP) is 1.28. The molecule has 7 aliphatic rings. The average Bonchev–Trinajstić information content (AvgIpc) is 3.51. The number of guanidine groups is 3. The van der Waals surface area contributed by atoms with Crippen molar-refractivity contribution in [2.75, 3.05) is 0 Å². The maximum absolute atomic E-state index is 5.53. The third-order valence-electron chi connectivity index (χ3n) is 11.1. The van der Waals surface area contributed by atoms with E-state index in [2.05, 4.69) is 93.0 Å². The van der Waals surface area contributed by atoms with Crippen LogP contribution in [0.15, 0.2) is 15.0 Å². The van der Waals surface area contributed by atoms with Gasteiger partial charge in [-0.2, -0.15) is 0 Å². The highest BCUT2D eigenvalue weighted by atomic mass is 15.7. The van der Waals surface area contributed by atoms with E-state index in [4.69, 9.17) is 15.0 Å². The van der Waals surface area contributed by atoms with E-state index in [1.807, 2.05) is 0 Å². The highest BCUT2D eigenvalue weighted by Crippen LogP contribution is 2.46. The van der Waals surface area contributed by atoms with Crippen LogP contribution in [-0.4, -0.2) is 105 Å². The number of rotatable bonds is 0. The lowest BCUT2D eigenvalue weighted by Crippen LogP contribution is -2.73. The molecule has 9 nitrogen and oxygen atoms in total. The number of piperidine rings is 3. The second-order valence-electron chi connectivity index (χ2n) is 13.2. The van der Waals surface area contributed by atoms with Crippen LogP contribution in [0.2, 0.25) is 0 Å². The van der Waals surface area contributed by atoms with Crippen molar-refractivity contribution < 1.29 is 0 Å². The van der Waals surface area contributed by atoms with E-state index in [-0.39, 0.29) is 18.1 Å². The van der Waals surface area contributed by atoms with E-state index in [9.17, 15) is 0 Å². The van der Waals surface area contributed by atoms with Crippen LogP contribution in [0.25, 0.3) is 0 Å². The second kappa shape index (κ2) is 7.67. The summed E-state index contributed by atoms with van der Waals surface area (Å²) in [5.74, 6) is 4.71. The lowest BCUT2D eigenvalue weighted by molar-refractivity contribution is 0.118. The van der Waals surface area contributed by atoms with Gasteiger partial charge in [0.05, 0.1) is 36.3 Å². The Morgan fingerprint density at radius 2 is 0.667 bits per heavy atom. The number of aliphatic imine (C=N–C) groups is 3. The predicted molar refractivity (Wildman–Crippen MR) is 144 cm³/mol. The second-order valence-corrected chi connectivity index (χ2v) is 13.2. The van der Waals surface area contributed by atoms with Gasteiger partial charge in [0.2, 0.25) is 17.9 Å². The first-order valence-electron chi connectivity index (χ1n) is 14.5. The van der Waals surface area contributed by atoms with Crippen molar-refractivity contribution in [1.29, 1.82) is 0 Å². The molecule has 15 unspecified atom stereocenters. The molecule has 0 saturated carbocycles. The molecule has 15 atom stereocenters. The molecule has 0 bridgehead atoms. The molecule has 4 saturated heterocycles. The summed E-state index contributed by atoms with van der Waals surface area (Å²) in [4.78, 5) is 24.3. The molecule has 0 aromatic heterocycles. The van der Waals surface area contributed by atoms with Gasteiger partial charge in [-0.05, 0) is 59.3 Å². The largest absolute Gasteiger partial charge is 0.309 e. The Morgan fingerprint density at radius 1 is 0.417 bits per heavy atom. The van der Waals surface area contributed by atoms with Crippen molar-refractivity contribution in [2.45, 2.75) is 135 Å². The zero-order chi connectivity index (χ0) is 25.4. The molecule has 198 valence electrons. The molecule has 7 rings (SSSR count). The van der Waals surface area contributed by atoms with Crippen molar-refractivity contribution in [3.8, 4) is 0 Å². The zero-order valence-corrected chi connectivity index (χ0v) is 23.3. The topological polar surface area (TPSA) is 82.9 Å². The number of hydrogen-bond donors (Lipinski definition) is 3. The van der Waals surface area contributed by atoms with Crippen LogP contribution < -0.4 is 16.0 Å². The van der Waals surface area contributed by atoms with Crippen molar-refractivity contribution in [3.63, 3.8) is 0 Å². The molecular weight excluding hydrogens is 450 g/mol. The third kappa shape index (κ3) is 2.80. The normalized spacial score (nSPS) is 55.1. The van der Waals surface area contributed by atoms with Crippen LogP contribution in [0.1, 0.15) is 62.3 Å². The lowest BCUT2D eigenvalue weighted by atomic mass is 9.81. The fraction of sp³-hybridized carbons (Fsp3) is 0.889. The van der Waals surface area contributed by atoms with Crippen LogP contribution in [0.5, 0.6) is 0 Å². The first-order valence-corrected chi connectivity index (χ1v) is 14.5. The average molecular weight is 496 g/mol. The van der Waals surface area contributed by atoms with Crippen LogP contribution >= 0.6 is 0 Å². The minimum Gasteiger partial charge on any atom is -0.309 e. The first kappa shape index (κ1) is 23.4. The van der Waals surface area contributed by atoms with Crippen LogP contribution in [-0.2, 0) is 0 Å². The summed E-state index contributed by atoms with van der Waals surface area (Å²) in [5, 5.41) is 11.5. The Labute approximate surface area is 216 Å². The van der Waals surface area contributed by atoms with E-state index < -0.39 is 0 Å². The molecule has 0 aromatic rings. The van der Waals surface area contributed by atoms with Crippen molar-refractivity contribution in [3.05, 3.63) is 0 Å². The van der Waals surface area contributed by atoms with Gasteiger partial charge in [0.1, 0.15) is 0 Å². The number of nitrogens with zero attached hydrogens (tertiary/aromatic N) is 6. The molecule has 36 heavy (non-hydrogen) atoms. The summed E-state index contributed by atoms with van der Waals surface area (Å²) in [5.41, 5.74) is 0. The van der Waals surface area contributed by atoms with Crippen LogP contribution in [0, 0.1) is 17.8 Å². The van der Waals surface area contributed by atoms with Gasteiger partial charge in [0, 0.05) is 36.3 Å². The molecule has 0 aromatic carbocycles. The van der Waals surface area contributed by atoms with Crippen LogP contribution in [0.4, 0.5) is 0 Å². The zero-order valence-electron chi connectivity index (χ0n) is 23.3. The van der Waals surface area contributed by atoms with Gasteiger partial charge in [0.25, 0.3) is 0 Å². The molecule has 9 heteroatoms. The first-order chi connectivity index (χ1) is 17.1. The summed E-state index contributed by atoms with van der Waals surface area (Å²) < 4.78 is 0. The number of hydrogen-bond acceptors (Lipinski definition) is 9. The minimum absolute atomic E-state index is 0.218. The van der Waals surface area contributed by atoms with Gasteiger partial charge in [0.15, 0.2) is 0 Å². The standard InChI is InChI=1S/C27H45N9/c1-10-13(4)28-16(7)19-22(10)34-25(31-19)35-24-12(3)15(6)30-18(9)21(24)33-27(35)36-23-11(2)14(5)29-17(8)20(23)32-26(34)36/h10-24,28-30H,1-9H3. The summed E-state index contributed by atoms with van der Waals surface area (Å²) in [6, 6.07) is 3.91.